The number of fused-ring (bicyclic) bond motifs is 1. The van der Waals surface area contributed by atoms with Crippen LogP contribution in [-0.2, 0) is 9.59 Å². The van der Waals surface area contributed by atoms with E-state index in [0.29, 0.717) is 18.3 Å². The Morgan fingerprint density at radius 1 is 1.22 bits per heavy atom. The summed E-state index contributed by atoms with van der Waals surface area (Å²) in [4.78, 5) is 25.6. The highest BCUT2D eigenvalue weighted by molar-refractivity contribution is 6.05. The Bertz CT molecular complexity index is 329. The van der Waals surface area contributed by atoms with Crippen LogP contribution >= 0.6 is 0 Å². The normalized spacial score (nSPS) is 33.4. The third-order valence-corrected chi connectivity index (χ3v) is 4.10. The van der Waals surface area contributed by atoms with Crippen molar-refractivity contribution in [1.29, 1.82) is 0 Å². The molecule has 3 unspecified atom stereocenters. The number of carbonyl (C=O) groups excluding carboxylic acids is 2. The largest absolute Gasteiger partial charge is 0.391 e. The van der Waals surface area contributed by atoms with Gasteiger partial charge in [-0.2, -0.15) is 0 Å². The molecule has 18 heavy (non-hydrogen) atoms. The number of amides is 2. The number of carbonyl (C=O) groups is 2. The van der Waals surface area contributed by atoms with E-state index in [2.05, 4.69) is 6.92 Å². The van der Waals surface area contributed by atoms with Crippen molar-refractivity contribution >= 4 is 11.8 Å². The number of nitrogens with zero attached hydrogens (tertiary/aromatic N) is 1. The first kappa shape index (κ1) is 13.5. The van der Waals surface area contributed by atoms with E-state index in [1.54, 1.807) is 0 Å². The Kier molecular flexibility index (Phi) is 3.76. The fraction of sp³-hybridized carbons (Fsp3) is 0.857. The van der Waals surface area contributed by atoms with Crippen LogP contribution < -0.4 is 0 Å². The summed E-state index contributed by atoms with van der Waals surface area (Å²) in [6, 6.07) is 0. The third-order valence-electron chi connectivity index (χ3n) is 4.10. The smallest absolute Gasteiger partial charge is 0.233 e. The summed E-state index contributed by atoms with van der Waals surface area (Å²) < 4.78 is 0. The predicted octanol–water partition coefficient (Wildman–Crippen LogP) is 1.42. The van der Waals surface area contributed by atoms with E-state index in [-0.39, 0.29) is 30.2 Å². The fourth-order valence-electron chi connectivity index (χ4n) is 3.36. The van der Waals surface area contributed by atoms with Gasteiger partial charge in [0.15, 0.2) is 0 Å². The van der Waals surface area contributed by atoms with Gasteiger partial charge in [-0.25, -0.2) is 0 Å². The number of likely N-dealkylation sites (tertiary alicyclic amines) is 1. The molecule has 0 radical (unpaired) electrons. The molecule has 1 N–H and O–H groups in total. The number of β-amino-alcohol motifs (C(OH)–C–C–N with tert-alkyl or cyclic N) is 1. The standard InChI is InChI=1S/C14H23NO3/c1-8(2)4-10(16)7-15-13(17)11-5-9(3)6-12(11)14(15)18/h8-12,16H,4-7H2,1-3H3. The van der Waals surface area contributed by atoms with Gasteiger partial charge in [-0.05, 0) is 31.1 Å². The van der Waals surface area contributed by atoms with Crippen molar-refractivity contribution in [2.24, 2.45) is 23.7 Å². The van der Waals surface area contributed by atoms with Gasteiger partial charge in [0.05, 0.1) is 24.5 Å². The van der Waals surface area contributed by atoms with Crippen molar-refractivity contribution in [1.82, 2.24) is 4.90 Å². The molecule has 1 heterocycles. The van der Waals surface area contributed by atoms with Crippen LogP contribution in [0.3, 0.4) is 0 Å². The maximum absolute atomic E-state index is 12.2. The number of hydrogen-bond acceptors (Lipinski definition) is 3. The van der Waals surface area contributed by atoms with E-state index in [9.17, 15) is 14.7 Å². The molecule has 1 aliphatic carbocycles. The number of aliphatic hydroxyl groups excluding tert-OH is 1. The lowest BCUT2D eigenvalue weighted by Crippen LogP contribution is -2.38. The summed E-state index contributed by atoms with van der Waals surface area (Å²) in [6.45, 7) is 6.31. The number of hydrogen-bond donors (Lipinski definition) is 1. The minimum absolute atomic E-state index is 0.0582. The van der Waals surface area contributed by atoms with E-state index in [4.69, 9.17) is 0 Å². The molecule has 1 saturated heterocycles. The van der Waals surface area contributed by atoms with Gasteiger partial charge in [0, 0.05) is 0 Å². The molecule has 4 heteroatoms. The molecule has 2 fully saturated rings. The average molecular weight is 253 g/mol. The SMILES string of the molecule is CC(C)CC(O)CN1C(=O)C2CC(C)CC2C1=O. The highest BCUT2D eigenvalue weighted by Gasteiger charge is 2.51. The Morgan fingerprint density at radius 3 is 2.17 bits per heavy atom. The zero-order valence-electron chi connectivity index (χ0n) is 11.4. The molecule has 4 nitrogen and oxygen atoms in total. The minimum atomic E-state index is -0.589. The molecular formula is C14H23NO3. The lowest BCUT2D eigenvalue weighted by molar-refractivity contribution is -0.142. The van der Waals surface area contributed by atoms with Crippen molar-refractivity contribution in [2.45, 2.75) is 46.1 Å². The van der Waals surface area contributed by atoms with E-state index < -0.39 is 6.10 Å². The monoisotopic (exact) mass is 253 g/mol. The first-order valence-corrected chi connectivity index (χ1v) is 6.93. The van der Waals surface area contributed by atoms with Crippen LogP contribution in [0.4, 0.5) is 0 Å². The third kappa shape index (κ3) is 2.44. The van der Waals surface area contributed by atoms with Crippen molar-refractivity contribution in [3.05, 3.63) is 0 Å². The van der Waals surface area contributed by atoms with E-state index in [1.165, 1.54) is 4.90 Å². The van der Waals surface area contributed by atoms with E-state index in [1.807, 2.05) is 13.8 Å². The van der Waals surface area contributed by atoms with Crippen LogP contribution in [0.25, 0.3) is 0 Å². The van der Waals surface area contributed by atoms with Crippen LogP contribution in [0, 0.1) is 23.7 Å². The van der Waals surface area contributed by atoms with Gasteiger partial charge in [0.2, 0.25) is 11.8 Å². The zero-order chi connectivity index (χ0) is 13.4. The van der Waals surface area contributed by atoms with Gasteiger partial charge in [-0.1, -0.05) is 20.8 Å². The second kappa shape index (κ2) is 5.00. The maximum atomic E-state index is 12.2. The lowest BCUT2D eigenvalue weighted by Gasteiger charge is -2.21. The first-order valence-electron chi connectivity index (χ1n) is 6.93. The van der Waals surface area contributed by atoms with Gasteiger partial charge >= 0.3 is 0 Å². The van der Waals surface area contributed by atoms with E-state index >= 15 is 0 Å². The molecule has 1 saturated carbocycles. The second-order valence-electron chi connectivity index (χ2n) is 6.36. The lowest BCUT2D eigenvalue weighted by atomic mass is 10.00. The van der Waals surface area contributed by atoms with Gasteiger partial charge in [-0.3, -0.25) is 14.5 Å². The van der Waals surface area contributed by atoms with Crippen LogP contribution in [0.1, 0.15) is 40.0 Å². The van der Waals surface area contributed by atoms with Gasteiger partial charge in [0.25, 0.3) is 0 Å². The first-order chi connectivity index (χ1) is 8.40. The molecule has 1 aliphatic heterocycles. The summed E-state index contributed by atoms with van der Waals surface area (Å²) in [7, 11) is 0. The highest BCUT2D eigenvalue weighted by Crippen LogP contribution is 2.42. The zero-order valence-corrected chi connectivity index (χ0v) is 11.4. The predicted molar refractivity (Wildman–Crippen MR) is 67.6 cm³/mol. The van der Waals surface area contributed by atoms with Gasteiger partial charge in [0.1, 0.15) is 0 Å². The summed E-state index contributed by atoms with van der Waals surface area (Å²) in [5.41, 5.74) is 0. The maximum Gasteiger partial charge on any atom is 0.233 e. The van der Waals surface area contributed by atoms with Crippen LogP contribution in [-0.4, -0.2) is 34.5 Å². The highest BCUT2D eigenvalue weighted by atomic mass is 16.3. The topological polar surface area (TPSA) is 57.6 Å². The molecule has 0 aromatic rings. The van der Waals surface area contributed by atoms with Crippen molar-refractivity contribution in [3.8, 4) is 0 Å². The van der Waals surface area contributed by atoms with Gasteiger partial charge in [-0.15, -0.1) is 0 Å². The molecule has 0 aromatic heterocycles. The summed E-state index contributed by atoms with van der Waals surface area (Å²) in [5.74, 6) is 0.495. The van der Waals surface area contributed by atoms with Crippen LogP contribution in [0.15, 0.2) is 0 Å². The quantitative estimate of drug-likeness (QED) is 0.771. The molecule has 0 spiro atoms. The van der Waals surface area contributed by atoms with Crippen LogP contribution in [0.5, 0.6) is 0 Å². The Labute approximate surface area is 108 Å². The molecule has 2 amide bonds. The summed E-state index contributed by atoms with van der Waals surface area (Å²) in [6.07, 6.45) is 1.69. The molecule has 0 bridgehead atoms. The van der Waals surface area contributed by atoms with Crippen molar-refractivity contribution in [2.75, 3.05) is 6.54 Å². The number of aliphatic hydroxyl groups is 1. The Morgan fingerprint density at radius 2 is 1.72 bits per heavy atom. The minimum Gasteiger partial charge on any atom is -0.391 e. The van der Waals surface area contributed by atoms with Crippen molar-refractivity contribution < 1.29 is 14.7 Å². The molecule has 3 atom stereocenters. The number of rotatable bonds is 4. The molecule has 0 aromatic carbocycles. The fourth-order valence-corrected chi connectivity index (χ4v) is 3.36. The molecular weight excluding hydrogens is 230 g/mol. The summed E-state index contributed by atoms with van der Waals surface area (Å²) in [5, 5.41) is 9.88. The average Bonchev–Trinajstić information content (AvgIpc) is 2.72. The van der Waals surface area contributed by atoms with Crippen LogP contribution in [0.2, 0.25) is 0 Å². The molecule has 2 aliphatic rings. The summed E-state index contributed by atoms with van der Waals surface area (Å²) >= 11 is 0. The molecule has 102 valence electrons. The molecule has 2 rings (SSSR count). The van der Waals surface area contributed by atoms with Crippen molar-refractivity contribution in [3.63, 3.8) is 0 Å². The Balaban J connectivity index is 1.99. The van der Waals surface area contributed by atoms with Gasteiger partial charge < -0.3 is 5.11 Å². The Hall–Kier alpha value is -0.900. The van der Waals surface area contributed by atoms with E-state index in [0.717, 1.165) is 12.8 Å². The number of imide groups is 1. The second-order valence-corrected chi connectivity index (χ2v) is 6.36.